The fourth-order valence-corrected chi connectivity index (χ4v) is 2.23. The third-order valence-electron chi connectivity index (χ3n) is 2.87. The summed E-state index contributed by atoms with van der Waals surface area (Å²) in [4.78, 5) is 10.2. The van der Waals surface area contributed by atoms with E-state index < -0.39 is 0 Å². The van der Waals surface area contributed by atoms with Crippen molar-refractivity contribution >= 4 is 22.2 Å². The molecule has 2 aromatic rings. The van der Waals surface area contributed by atoms with Crippen molar-refractivity contribution in [1.82, 2.24) is 5.32 Å². The van der Waals surface area contributed by atoms with Crippen LogP contribution in [0.5, 0.6) is 5.75 Å². The first-order chi connectivity index (χ1) is 9.20. The summed E-state index contributed by atoms with van der Waals surface area (Å²) in [6, 6.07) is 13.2. The van der Waals surface area contributed by atoms with E-state index in [2.05, 4.69) is 45.5 Å². The van der Waals surface area contributed by atoms with Gasteiger partial charge in [0.2, 0.25) is 0 Å². The third kappa shape index (κ3) is 3.66. The Bertz CT molecular complexity index is 561. The Hall–Kier alpha value is -1.65. The Labute approximate surface area is 120 Å². The fourth-order valence-electron chi connectivity index (χ4n) is 1.85. The van der Waals surface area contributed by atoms with Crippen LogP contribution in [-0.2, 0) is 13.1 Å². The van der Waals surface area contributed by atoms with Gasteiger partial charge in [-0.2, -0.15) is 0 Å². The Kier molecular flexibility index (Phi) is 4.71. The first-order valence-electron chi connectivity index (χ1n) is 5.92. The smallest absolute Gasteiger partial charge is 0.153 e. The normalized spacial score (nSPS) is 12.3. The van der Waals surface area contributed by atoms with Crippen LogP contribution in [0.4, 0.5) is 0 Å². The minimum Gasteiger partial charge on any atom is -0.507 e. The van der Waals surface area contributed by atoms with Crippen molar-refractivity contribution in [1.29, 1.82) is 0 Å². The van der Waals surface area contributed by atoms with Gasteiger partial charge >= 0.3 is 0 Å². The molecule has 2 aromatic carbocycles. The average molecular weight is 320 g/mol. The quantitative estimate of drug-likeness (QED) is 0.793. The SMILES string of the molecule is O=Cc1cc(Br)ccc1O.c1ccc2c(c1)CNC2. The zero-order valence-corrected chi connectivity index (χ0v) is 11.9. The summed E-state index contributed by atoms with van der Waals surface area (Å²) in [6.07, 6.45) is 0.611. The number of halogens is 1. The number of hydrogen-bond donors (Lipinski definition) is 2. The Morgan fingerprint density at radius 3 is 2.26 bits per heavy atom. The van der Waals surface area contributed by atoms with Gasteiger partial charge in [-0.3, -0.25) is 4.79 Å². The van der Waals surface area contributed by atoms with Gasteiger partial charge < -0.3 is 10.4 Å². The number of rotatable bonds is 1. The average Bonchev–Trinajstić information content (AvgIpc) is 2.90. The van der Waals surface area contributed by atoms with E-state index in [0.717, 1.165) is 17.6 Å². The molecule has 0 radical (unpaired) electrons. The van der Waals surface area contributed by atoms with Crippen molar-refractivity contribution in [2.45, 2.75) is 13.1 Å². The molecule has 98 valence electrons. The summed E-state index contributed by atoms with van der Waals surface area (Å²) in [6.45, 7) is 2.10. The van der Waals surface area contributed by atoms with Gasteiger partial charge in [-0.1, -0.05) is 40.2 Å². The van der Waals surface area contributed by atoms with E-state index in [-0.39, 0.29) is 5.75 Å². The van der Waals surface area contributed by atoms with E-state index in [0.29, 0.717) is 11.8 Å². The molecule has 0 fully saturated rings. The molecule has 1 aliphatic heterocycles. The van der Waals surface area contributed by atoms with Crippen molar-refractivity contribution in [2.75, 3.05) is 0 Å². The lowest BCUT2D eigenvalue weighted by atomic mass is 10.1. The molecule has 0 aromatic heterocycles. The van der Waals surface area contributed by atoms with Crippen LogP contribution in [-0.4, -0.2) is 11.4 Å². The van der Waals surface area contributed by atoms with Gasteiger partial charge in [0.1, 0.15) is 5.75 Å². The maximum Gasteiger partial charge on any atom is 0.153 e. The molecule has 1 aliphatic rings. The molecule has 0 atom stereocenters. The third-order valence-corrected chi connectivity index (χ3v) is 3.36. The first-order valence-corrected chi connectivity index (χ1v) is 6.71. The van der Waals surface area contributed by atoms with Gasteiger partial charge in [0.25, 0.3) is 0 Å². The van der Waals surface area contributed by atoms with Crippen molar-refractivity contribution in [3.8, 4) is 5.75 Å². The van der Waals surface area contributed by atoms with Crippen molar-refractivity contribution < 1.29 is 9.90 Å². The lowest BCUT2D eigenvalue weighted by Crippen LogP contribution is -1.99. The largest absolute Gasteiger partial charge is 0.507 e. The number of aromatic hydroxyl groups is 1. The lowest BCUT2D eigenvalue weighted by molar-refractivity contribution is 0.112. The highest BCUT2D eigenvalue weighted by molar-refractivity contribution is 9.10. The van der Waals surface area contributed by atoms with Crippen LogP contribution in [0.1, 0.15) is 21.5 Å². The highest BCUT2D eigenvalue weighted by atomic mass is 79.9. The molecular formula is C15H14BrNO2. The van der Waals surface area contributed by atoms with Crippen LogP contribution in [0.25, 0.3) is 0 Å². The molecule has 0 amide bonds. The molecule has 0 bridgehead atoms. The van der Waals surface area contributed by atoms with Crippen molar-refractivity contribution in [2.24, 2.45) is 0 Å². The van der Waals surface area contributed by atoms with Crippen LogP contribution in [0.3, 0.4) is 0 Å². The number of carbonyl (C=O) groups excluding carboxylic acids is 1. The summed E-state index contributed by atoms with van der Waals surface area (Å²) >= 11 is 3.17. The molecule has 3 rings (SSSR count). The van der Waals surface area contributed by atoms with E-state index in [9.17, 15) is 4.79 Å². The monoisotopic (exact) mass is 319 g/mol. The van der Waals surface area contributed by atoms with E-state index in [1.165, 1.54) is 17.2 Å². The molecule has 0 spiro atoms. The van der Waals surface area contributed by atoms with E-state index >= 15 is 0 Å². The highest BCUT2D eigenvalue weighted by Crippen LogP contribution is 2.19. The van der Waals surface area contributed by atoms with Crippen LogP contribution in [0.15, 0.2) is 46.9 Å². The van der Waals surface area contributed by atoms with E-state index in [1.54, 1.807) is 12.1 Å². The van der Waals surface area contributed by atoms with Gasteiger partial charge in [-0.25, -0.2) is 0 Å². The predicted octanol–water partition coefficient (Wildman–Crippen LogP) is 3.26. The molecule has 0 aliphatic carbocycles. The molecule has 0 saturated carbocycles. The summed E-state index contributed by atoms with van der Waals surface area (Å²) < 4.78 is 0.785. The molecule has 4 heteroatoms. The second-order valence-electron chi connectivity index (χ2n) is 4.19. The van der Waals surface area contributed by atoms with Crippen LogP contribution >= 0.6 is 15.9 Å². The number of hydrogen-bond acceptors (Lipinski definition) is 3. The zero-order valence-electron chi connectivity index (χ0n) is 10.3. The Balaban J connectivity index is 0.000000141. The molecule has 0 unspecified atom stereocenters. The second-order valence-corrected chi connectivity index (χ2v) is 5.11. The van der Waals surface area contributed by atoms with Gasteiger partial charge in [0, 0.05) is 17.6 Å². The summed E-state index contributed by atoms with van der Waals surface area (Å²) in [5.74, 6) is 0.0122. The number of phenols is 1. The van der Waals surface area contributed by atoms with Gasteiger partial charge in [0.15, 0.2) is 6.29 Å². The van der Waals surface area contributed by atoms with Crippen molar-refractivity contribution in [3.05, 3.63) is 63.6 Å². The predicted molar refractivity (Wildman–Crippen MR) is 78.2 cm³/mol. The minimum absolute atomic E-state index is 0.0122. The summed E-state index contributed by atoms with van der Waals surface area (Å²) in [7, 11) is 0. The number of benzene rings is 2. The highest BCUT2D eigenvalue weighted by Gasteiger charge is 2.06. The maximum atomic E-state index is 10.2. The molecule has 2 N–H and O–H groups in total. The first kappa shape index (κ1) is 13.8. The van der Waals surface area contributed by atoms with E-state index in [1.807, 2.05) is 0 Å². The number of fused-ring (bicyclic) bond motifs is 1. The summed E-state index contributed by atoms with van der Waals surface area (Å²) in [5, 5.41) is 12.3. The Morgan fingerprint density at radius 1 is 1.11 bits per heavy atom. The maximum absolute atomic E-state index is 10.2. The Morgan fingerprint density at radius 2 is 1.74 bits per heavy atom. The second kappa shape index (κ2) is 6.50. The van der Waals surface area contributed by atoms with Crippen molar-refractivity contribution in [3.63, 3.8) is 0 Å². The minimum atomic E-state index is 0.0122. The fraction of sp³-hybridized carbons (Fsp3) is 0.133. The molecule has 1 heterocycles. The zero-order chi connectivity index (χ0) is 13.7. The van der Waals surface area contributed by atoms with E-state index in [4.69, 9.17) is 5.11 Å². The topological polar surface area (TPSA) is 49.3 Å². The number of phenolic OH excluding ortho intramolecular Hbond substituents is 1. The standard InChI is InChI=1S/C8H9N.C7H5BrO2/c1-2-4-8-6-9-5-7(8)3-1;8-6-1-2-7(10)5(3-6)4-9/h1-4,9H,5-6H2;1-4,10H. The molecule has 0 saturated heterocycles. The van der Waals surface area contributed by atoms with Gasteiger partial charge in [0.05, 0.1) is 5.56 Å². The van der Waals surface area contributed by atoms with Crippen LogP contribution in [0, 0.1) is 0 Å². The number of aldehydes is 1. The molecule has 3 nitrogen and oxygen atoms in total. The molecule has 19 heavy (non-hydrogen) atoms. The number of nitrogens with one attached hydrogen (secondary N) is 1. The van der Waals surface area contributed by atoms with Gasteiger partial charge in [-0.05, 0) is 29.3 Å². The van der Waals surface area contributed by atoms with Crippen LogP contribution < -0.4 is 5.32 Å². The van der Waals surface area contributed by atoms with Gasteiger partial charge in [-0.15, -0.1) is 0 Å². The molecular weight excluding hydrogens is 306 g/mol. The number of carbonyl (C=O) groups is 1. The lowest BCUT2D eigenvalue weighted by Gasteiger charge is -1.95. The summed E-state index contributed by atoms with van der Waals surface area (Å²) in [5.41, 5.74) is 3.21. The van der Waals surface area contributed by atoms with Crippen LogP contribution in [0.2, 0.25) is 0 Å².